The van der Waals surface area contributed by atoms with Crippen LogP contribution in [0.5, 0.6) is 5.75 Å². The number of hydrogen-bond acceptors (Lipinski definition) is 6. The van der Waals surface area contributed by atoms with Gasteiger partial charge in [-0.05, 0) is 55.8 Å². The van der Waals surface area contributed by atoms with Gasteiger partial charge in [-0.3, -0.25) is 24.6 Å². The third-order valence-electron chi connectivity index (χ3n) is 4.72. The van der Waals surface area contributed by atoms with E-state index in [-0.39, 0.29) is 5.69 Å². The molecule has 2 aromatic rings. The van der Waals surface area contributed by atoms with Crippen molar-refractivity contribution in [1.82, 2.24) is 10.2 Å². The second kappa shape index (κ2) is 7.70. The fraction of sp³-hybridized carbons (Fsp3) is 0.250. The highest BCUT2D eigenvalue weighted by Gasteiger charge is 2.49. The molecule has 0 spiro atoms. The van der Waals surface area contributed by atoms with Crippen molar-refractivity contribution in [2.45, 2.75) is 19.4 Å². The lowest BCUT2D eigenvalue weighted by Gasteiger charge is -2.22. The van der Waals surface area contributed by atoms with Crippen LogP contribution in [0.3, 0.4) is 0 Å². The van der Waals surface area contributed by atoms with E-state index in [0.29, 0.717) is 23.5 Å². The third-order valence-corrected chi connectivity index (χ3v) is 4.72. The molecule has 1 fully saturated rings. The number of carbonyl (C=O) groups is 3. The molecule has 1 unspecified atom stereocenters. The molecule has 1 N–H and O–H groups in total. The number of hydrogen-bond donors (Lipinski definition) is 1. The van der Waals surface area contributed by atoms with E-state index in [2.05, 4.69) is 5.32 Å². The monoisotopic (exact) mass is 397 g/mol. The van der Waals surface area contributed by atoms with E-state index in [1.807, 2.05) is 6.92 Å². The van der Waals surface area contributed by atoms with Gasteiger partial charge in [-0.2, -0.15) is 0 Å². The van der Waals surface area contributed by atoms with Gasteiger partial charge in [0.15, 0.2) is 5.78 Å². The van der Waals surface area contributed by atoms with E-state index in [1.165, 1.54) is 31.2 Å². The summed E-state index contributed by atoms with van der Waals surface area (Å²) in [6.45, 7) is 3.42. The minimum atomic E-state index is -1.41. The number of urea groups is 1. The van der Waals surface area contributed by atoms with Crippen LogP contribution < -0.4 is 10.1 Å². The maximum atomic E-state index is 12.9. The summed E-state index contributed by atoms with van der Waals surface area (Å²) in [5.41, 5.74) is -0.808. The number of carbonyl (C=O) groups excluding carboxylic acids is 3. The number of ketones is 1. The van der Waals surface area contributed by atoms with Crippen molar-refractivity contribution in [1.29, 1.82) is 0 Å². The summed E-state index contributed by atoms with van der Waals surface area (Å²) >= 11 is 0. The lowest BCUT2D eigenvalue weighted by atomic mass is 9.92. The van der Waals surface area contributed by atoms with Gasteiger partial charge in [-0.25, -0.2) is 4.79 Å². The molecule has 1 atom stereocenters. The Bertz CT molecular complexity index is 971. The summed E-state index contributed by atoms with van der Waals surface area (Å²) in [4.78, 5) is 48.9. The van der Waals surface area contributed by atoms with Crippen molar-refractivity contribution in [2.24, 2.45) is 0 Å². The Morgan fingerprint density at radius 1 is 1.14 bits per heavy atom. The van der Waals surface area contributed by atoms with Crippen LogP contribution in [0, 0.1) is 10.1 Å². The Balaban J connectivity index is 1.77. The minimum absolute atomic E-state index is 0.128. The van der Waals surface area contributed by atoms with Crippen molar-refractivity contribution in [3.05, 3.63) is 69.8 Å². The molecule has 0 bridgehead atoms. The smallest absolute Gasteiger partial charge is 0.325 e. The molecule has 1 heterocycles. The zero-order valence-corrected chi connectivity index (χ0v) is 15.9. The van der Waals surface area contributed by atoms with Crippen molar-refractivity contribution in [3.63, 3.8) is 0 Å². The number of nitrogens with one attached hydrogen (secondary N) is 1. The van der Waals surface area contributed by atoms with Crippen LogP contribution in [0.25, 0.3) is 0 Å². The van der Waals surface area contributed by atoms with Gasteiger partial charge in [0, 0.05) is 17.7 Å². The van der Waals surface area contributed by atoms with Crippen LogP contribution in [-0.2, 0) is 10.3 Å². The number of Topliss-reactive ketones (excluding diaryl/α,β-unsaturated/α-hetero) is 1. The molecule has 1 saturated heterocycles. The number of ether oxygens (including phenoxy) is 1. The number of amides is 3. The predicted molar refractivity (Wildman–Crippen MR) is 103 cm³/mol. The number of imide groups is 1. The van der Waals surface area contributed by atoms with Crippen LogP contribution in [0.4, 0.5) is 10.5 Å². The first-order valence-corrected chi connectivity index (χ1v) is 8.91. The van der Waals surface area contributed by atoms with Crippen LogP contribution >= 0.6 is 0 Å². The largest absolute Gasteiger partial charge is 0.494 e. The average Bonchev–Trinajstić information content (AvgIpc) is 2.93. The summed E-state index contributed by atoms with van der Waals surface area (Å²) < 4.78 is 5.33. The number of benzene rings is 2. The van der Waals surface area contributed by atoms with E-state index in [4.69, 9.17) is 4.74 Å². The molecule has 150 valence electrons. The van der Waals surface area contributed by atoms with Crippen LogP contribution in [0.2, 0.25) is 0 Å². The number of nitrogens with zero attached hydrogens (tertiary/aromatic N) is 2. The second-order valence-electron chi connectivity index (χ2n) is 6.63. The van der Waals surface area contributed by atoms with Gasteiger partial charge in [0.2, 0.25) is 0 Å². The summed E-state index contributed by atoms with van der Waals surface area (Å²) in [6, 6.07) is 11.1. The topological polar surface area (TPSA) is 119 Å². The molecule has 9 nitrogen and oxygen atoms in total. The quantitative estimate of drug-likeness (QED) is 0.332. The molecule has 2 aromatic carbocycles. The SMILES string of the molecule is CCOc1ccc(C(=O)CN2C(=O)NC(C)(c3ccc([N+](=O)[O-])cc3)C2=O)cc1. The zero-order valence-electron chi connectivity index (χ0n) is 15.9. The van der Waals surface area contributed by atoms with Crippen LogP contribution in [-0.4, -0.2) is 40.7 Å². The number of rotatable bonds is 7. The van der Waals surface area contributed by atoms with Gasteiger partial charge in [-0.15, -0.1) is 0 Å². The average molecular weight is 397 g/mol. The third kappa shape index (κ3) is 3.79. The van der Waals surface area contributed by atoms with Crippen molar-refractivity contribution >= 4 is 23.4 Å². The highest BCUT2D eigenvalue weighted by atomic mass is 16.6. The molecule has 0 aromatic heterocycles. The molecule has 9 heteroatoms. The zero-order chi connectivity index (χ0) is 21.2. The lowest BCUT2D eigenvalue weighted by molar-refractivity contribution is -0.384. The standard InChI is InChI=1S/C20H19N3O6/c1-3-29-16-10-4-13(5-11-16)17(24)12-22-18(25)20(2,21-19(22)26)14-6-8-15(9-7-14)23(27)28/h4-11H,3,12H2,1-2H3,(H,21,26). The highest BCUT2D eigenvalue weighted by molar-refractivity contribution is 6.11. The van der Waals surface area contributed by atoms with E-state index in [9.17, 15) is 24.5 Å². The van der Waals surface area contributed by atoms with E-state index in [1.54, 1.807) is 24.3 Å². The molecule has 0 aliphatic carbocycles. The van der Waals surface area contributed by atoms with Crippen molar-refractivity contribution in [2.75, 3.05) is 13.2 Å². The Hall–Kier alpha value is -3.75. The van der Waals surface area contributed by atoms with Crippen molar-refractivity contribution in [3.8, 4) is 5.75 Å². The summed E-state index contributed by atoms with van der Waals surface area (Å²) in [5.74, 6) is -0.384. The first-order valence-electron chi connectivity index (χ1n) is 8.91. The molecule has 1 aliphatic heterocycles. The van der Waals surface area contributed by atoms with Gasteiger partial charge >= 0.3 is 6.03 Å². The second-order valence-corrected chi connectivity index (χ2v) is 6.63. The van der Waals surface area contributed by atoms with Gasteiger partial charge in [0.05, 0.1) is 18.1 Å². The fourth-order valence-corrected chi connectivity index (χ4v) is 3.09. The molecule has 1 aliphatic rings. The van der Waals surface area contributed by atoms with Gasteiger partial charge in [0.25, 0.3) is 11.6 Å². The Morgan fingerprint density at radius 3 is 2.31 bits per heavy atom. The first-order chi connectivity index (χ1) is 13.8. The molecule has 3 rings (SSSR count). The van der Waals surface area contributed by atoms with E-state index < -0.39 is 34.7 Å². The Labute approximate surface area is 166 Å². The molecule has 0 saturated carbocycles. The highest BCUT2D eigenvalue weighted by Crippen LogP contribution is 2.30. The molecule has 0 radical (unpaired) electrons. The fourth-order valence-electron chi connectivity index (χ4n) is 3.09. The molecule has 29 heavy (non-hydrogen) atoms. The van der Waals surface area contributed by atoms with Crippen LogP contribution in [0.15, 0.2) is 48.5 Å². The maximum Gasteiger partial charge on any atom is 0.325 e. The number of nitro groups is 1. The molecular formula is C20H19N3O6. The Morgan fingerprint density at radius 2 is 1.76 bits per heavy atom. The van der Waals surface area contributed by atoms with Crippen LogP contribution in [0.1, 0.15) is 29.8 Å². The normalized spacial score (nSPS) is 18.5. The van der Waals surface area contributed by atoms with E-state index >= 15 is 0 Å². The van der Waals surface area contributed by atoms with Gasteiger partial charge in [-0.1, -0.05) is 0 Å². The van der Waals surface area contributed by atoms with Gasteiger partial charge < -0.3 is 10.1 Å². The summed E-state index contributed by atoms with van der Waals surface area (Å²) in [7, 11) is 0. The minimum Gasteiger partial charge on any atom is -0.494 e. The molecule has 3 amide bonds. The first kappa shape index (κ1) is 20.0. The van der Waals surface area contributed by atoms with Crippen molar-refractivity contribution < 1.29 is 24.0 Å². The number of non-ortho nitro benzene ring substituents is 1. The lowest BCUT2D eigenvalue weighted by Crippen LogP contribution is -2.41. The number of nitro benzene ring substituents is 1. The molecular weight excluding hydrogens is 378 g/mol. The maximum absolute atomic E-state index is 12.9. The van der Waals surface area contributed by atoms with Gasteiger partial charge in [0.1, 0.15) is 11.3 Å². The summed E-state index contributed by atoms with van der Waals surface area (Å²) in [6.07, 6.45) is 0. The predicted octanol–water partition coefficient (Wildman–Crippen LogP) is 2.64. The summed E-state index contributed by atoms with van der Waals surface area (Å²) in [5, 5.41) is 13.4. The van der Waals surface area contributed by atoms with E-state index in [0.717, 1.165) is 4.90 Å². The Kier molecular flexibility index (Phi) is 5.31.